The molecule has 0 aliphatic heterocycles. The summed E-state index contributed by atoms with van der Waals surface area (Å²) in [5.74, 6) is 4.92. The van der Waals surface area contributed by atoms with Crippen LogP contribution in [0.2, 0.25) is 0 Å². The summed E-state index contributed by atoms with van der Waals surface area (Å²) in [5, 5.41) is 21.8. The van der Waals surface area contributed by atoms with Gasteiger partial charge in [0.05, 0.1) is 22.7 Å². The Balaban J connectivity index is 1.91. The summed E-state index contributed by atoms with van der Waals surface area (Å²) in [6.07, 6.45) is 8.57. The minimum atomic E-state index is -1.12. The van der Waals surface area contributed by atoms with E-state index in [4.69, 9.17) is 10.2 Å². The van der Waals surface area contributed by atoms with Gasteiger partial charge in [0, 0.05) is 29.3 Å². The molecule has 0 atom stereocenters. The molecule has 0 amide bonds. The monoisotopic (exact) mass is 594 g/mol. The molecule has 0 radical (unpaired) electrons. The van der Waals surface area contributed by atoms with Gasteiger partial charge in [-0.3, -0.25) is 5.14 Å². The fraction of sp³-hybridized carbons (Fsp3) is 0.323. The Labute approximate surface area is 247 Å². The molecule has 10 heteroatoms. The second-order valence-corrected chi connectivity index (χ2v) is 11.8. The highest BCUT2D eigenvalue weighted by atomic mass is 32.2. The molecule has 0 unspecified atom stereocenters. The molecular weight excluding hydrogens is 562 g/mol. The van der Waals surface area contributed by atoms with Gasteiger partial charge in [0.2, 0.25) is 5.13 Å². The maximum absolute atomic E-state index is 14.8. The van der Waals surface area contributed by atoms with Crippen LogP contribution in [0.25, 0.3) is 16.4 Å². The first-order chi connectivity index (χ1) is 19.7. The normalized spacial score (nSPS) is 13.8. The fourth-order valence-corrected chi connectivity index (χ4v) is 5.30. The number of allylic oxidation sites excluding steroid dienone is 4. The molecule has 1 saturated carbocycles. The number of thiazole rings is 1. The molecule has 2 aromatic heterocycles. The predicted octanol–water partition coefficient (Wildman–Crippen LogP) is 7.30. The Morgan fingerprint density at radius 2 is 2.17 bits per heavy atom. The number of nitrogens with zero attached hydrogens (tertiary/aromatic N) is 3. The van der Waals surface area contributed by atoms with Gasteiger partial charge in [-0.05, 0) is 60.9 Å². The van der Waals surface area contributed by atoms with E-state index in [1.165, 1.54) is 28.9 Å². The fourth-order valence-electron chi connectivity index (χ4n) is 4.28. The van der Waals surface area contributed by atoms with Crippen LogP contribution in [-0.2, 0) is 12.8 Å². The molecule has 3 N–H and O–H groups in total. The van der Waals surface area contributed by atoms with E-state index >= 15 is 0 Å². The van der Waals surface area contributed by atoms with Crippen LogP contribution in [-0.4, -0.2) is 31.6 Å². The minimum absolute atomic E-state index is 0.0307. The van der Waals surface area contributed by atoms with Crippen LogP contribution in [0, 0.1) is 29.5 Å². The third-order valence-electron chi connectivity index (χ3n) is 6.41. The Hall–Kier alpha value is -3.52. The summed E-state index contributed by atoms with van der Waals surface area (Å²) in [4.78, 5) is 15.9. The van der Waals surface area contributed by atoms with Gasteiger partial charge in [0.1, 0.15) is 11.6 Å². The zero-order valence-electron chi connectivity index (χ0n) is 23.0. The SMILES string of the molecule is C=C/C=C(\C=C(\F)CSN)Cc1c(-c2ccc(F)c(C#CCC(C)C)c2)nn(-c2nc(C(=O)O)cs2)c1CC1CC1. The molecule has 214 valence electrons. The van der Waals surface area contributed by atoms with Crippen molar-refractivity contribution in [1.82, 2.24) is 14.8 Å². The third-order valence-corrected chi connectivity index (χ3v) is 7.67. The molecule has 3 aromatic rings. The summed E-state index contributed by atoms with van der Waals surface area (Å²) >= 11 is 2.08. The zero-order chi connectivity index (χ0) is 29.5. The molecule has 41 heavy (non-hydrogen) atoms. The zero-order valence-corrected chi connectivity index (χ0v) is 24.6. The average molecular weight is 595 g/mol. The summed E-state index contributed by atoms with van der Waals surface area (Å²) < 4.78 is 31.0. The maximum atomic E-state index is 14.8. The van der Waals surface area contributed by atoms with Gasteiger partial charge in [0.15, 0.2) is 5.69 Å². The first kappa shape index (κ1) is 30.4. The molecule has 0 saturated heterocycles. The maximum Gasteiger partial charge on any atom is 0.355 e. The molecule has 0 bridgehead atoms. The van der Waals surface area contributed by atoms with Gasteiger partial charge in [0.25, 0.3) is 0 Å². The van der Waals surface area contributed by atoms with E-state index in [1.54, 1.807) is 29.0 Å². The first-order valence-electron chi connectivity index (χ1n) is 13.3. The lowest BCUT2D eigenvalue weighted by atomic mass is 9.95. The van der Waals surface area contributed by atoms with E-state index < -0.39 is 11.8 Å². The van der Waals surface area contributed by atoms with Gasteiger partial charge >= 0.3 is 5.97 Å². The Kier molecular flexibility index (Phi) is 10.3. The molecule has 1 aromatic carbocycles. The van der Waals surface area contributed by atoms with Gasteiger partial charge in [-0.15, -0.1) is 11.3 Å². The van der Waals surface area contributed by atoms with Crippen LogP contribution in [0.1, 0.15) is 60.4 Å². The summed E-state index contributed by atoms with van der Waals surface area (Å²) in [7, 11) is 0. The van der Waals surface area contributed by atoms with E-state index in [0.29, 0.717) is 53.1 Å². The van der Waals surface area contributed by atoms with Crippen molar-refractivity contribution in [2.24, 2.45) is 17.0 Å². The number of benzene rings is 1. The topological polar surface area (TPSA) is 94.0 Å². The van der Waals surface area contributed by atoms with Gasteiger partial charge in [-0.25, -0.2) is 23.2 Å². The van der Waals surface area contributed by atoms with Gasteiger partial charge < -0.3 is 5.11 Å². The average Bonchev–Trinajstić information content (AvgIpc) is 3.47. The highest BCUT2D eigenvalue weighted by Crippen LogP contribution is 2.38. The smallest absolute Gasteiger partial charge is 0.355 e. The van der Waals surface area contributed by atoms with Gasteiger partial charge in [-0.2, -0.15) is 5.10 Å². The molecule has 4 rings (SSSR count). The van der Waals surface area contributed by atoms with Crippen molar-refractivity contribution >= 4 is 29.3 Å². The van der Waals surface area contributed by atoms with E-state index in [2.05, 4.69) is 23.4 Å². The number of hydrogen-bond donors (Lipinski definition) is 2. The second kappa shape index (κ2) is 13.9. The number of aromatic nitrogens is 3. The van der Waals surface area contributed by atoms with Crippen LogP contribution in [0.5, 0.6) is 0 Å². The number of carboxylic acids is 1. The number of halogens is 2. The number of aromatic carboxylic acids is 1. The number of carbonyl (C=O) groups is 1. The first-order valence-corrected chi connectivity index (χ1v) is 15.2. The standard InChI is InChI=1S/C31H32F2N4O2S2/c1-4-6-21(13-24(32)17-41-34)14-25-28(15-20-9-10-20)37(31-35-27(18-40-31)30(38)39)36-29(25)23-11-12-26(33)22(16-23)8-5-7-19(2)3/h4,6,11-13,16,18-20H,1,7,9-10,14-15,17,34H2,2-3H3,(H,38,39)/b21-6+,24-13+. The summed E-state index contributed by atoms with van der Waals surface area (Å²) in [5.41, 5.74) is 3.78. The van der Waals surface area contributed by atoms with Crippen molar-refractivity contribution in [3.05, 3.63) is 88.1 Å². The van der Waals surface area contributed by atoms with Crippen molar-refractivity contribution in [2.75, 3.05) is 5.75 Å². The quantitative estimate of drug-likeness (QED) is 0.130. The van der Waals surface area contributed by atoms with E-state index in [9.17, 15) is 18.7 Å². The lowest BCUT2D eigenvalue weighted by Crippen LogP contribution is -2.06. The van der Waals surface area contributed by atoms with Crippen LogP contribution in [0.3, 0.4) is 0 Å². The van der Waals surface area contributed by atoms with Crippen molar-refractivity contribution in [3.8, 4) is 28.2 Å². The minimum Gasteiger partial charge on any atom is -0.476 e. The van der Waals surface area contributed by atoms with Crippen molar-refractivity contribution in [2.45, 2.75) is 46.0 Å². The van der Waals surface area contributed by atoms with Crippen LogP contribution in [0.15, 0.2) is 59.8 Å². The van der Waals surface area contributed by atoms with Gasteiger partial charge in [-0.1, -0.05) is 56.4 Å². The van der Waals surface area contributed by atoms with Crippen LogP contribution >= 0.6 is 23.3 Å². The molecule has 1 aliphatic carbocycles. The molecule has 0 spiro atoms. The third kappa shape index (κ3) is 8.03. The number of hydrogen-bond acceptors (Lipinski definition) is 6. The van der Waals surface area contributed by atoms with Crippen LogP contribution < -0.4 is 5.14 Å². The van der Waals surface area contributed by atoms with E-state index in [0.717, 1.165) is 36.0 Å². The summed E-state index contributed by atoms with van der Waals surface area (Å²) in [6, 6.07) is 4.72. The van der Waals surface area contributed by atoms with E-state index in [1.807, 2.05) is 13.8 Å². The van der Waals surface area contributed by atoms with E-state index in [-0.39, 0.29) is 22.8 Å². The largest absolute Gasteiger partial charge is 0.476 e. The summed E-state index contributed by atoms with van der Waals surface area (Å²) in [6.45, 7) is 7.89. The Bertz CT molecular complexity index is 1560. The Morgan fingerprint density at radius 1 is 1.39 bits per heavy atom. The lowest BCUT2D eigenvalue weighted by Gasteiger charge is -2.10. The highest BCUT2D eigenvalue weighted by Gasteiger charge is 2.29. The number of rotatable bonds is 12. The lowest BCUT2D eigenvalue weighted by molar-refractivity contribution is 0.0691. The molecule has 2 heterocycles. The number of nitrogens with two attached hydrogens (primary N) is 1. The Morgan fingerprint density at radius 3 is 2.80 bits per heavy atom. The molecular formula is C31H32F2N4O2S2. The van der Waals surface area contributed by atoms with Crippen molar-refractivity contribution in [1.29, 1.82) is 0 Å². The number of carboxylic acid groups (broad SMARTS) is 1. The predicted molar refractivity (Wildman–Crippen MR) is 162 cm³/mol. The second-order valence-electron chi connectivity index (χ2n) is 10.3. The van der Waals surface area contributed by atoms with Crippen molar-refractivity contribution in [3.63, 3.8) is 0 Å². The molecule has 1 fully saturated rings. The molecule has 1 aliphatic rings. The highest BCUT2D eigenvalue weighted by molar-refractivity contribution is 7.97. The molecule has 6 nitrogen and oxygen atoms in total. The van der Waals surface area contributed by atoms with Crippen LogP contribution in [0.4, 0.5) is 8.78 Å². The van der Waals surface area contributed by atoms with Crippen molar-refractivity contribution < 1.29 is 18.7 Å².